The summed E-state index contributed by atoms with van der Waals surface area (Å²) in [5, 5.41) is 0. The molecule has 0 radical (unpaired) electrons. The van der Waals surface area contributed by atoms with E-state index in [9.17, 15) is 4.79 Å². The van der Waals surface area contributed by atoms with Crippen LogP contribution in [0, 0.1) is 11.8 Å². The number of ketones is 1. The summed E-state index contributed by atoms with van der Waals surface area (Å²) in [6.07, 6.45) is 7.05. The minimum absolute atomic E-state index is 0.342. The first kappa shape index (κ1) is 11.1. The number of Topliss-reactive ketones (excluding diaryl/α,β-unsaturated/α-hetero) is 1. The monoisotopic (exact) mass is 209 g/mol. The molecule has 15 heavy (non-hydrogen) atoms. The van der Waals surface area contributed by atoms with E-state index in [-0.39, 0.29) is 0 Å². The molecule has 0 bridgehead atoms. The Morgan fingerprint density at radius 1 is 1.33 bits per heavy atom. The Kier molecular flexibility index (Phi) is 3.45. The van der Waals surface area contributed by atoms with Gasteiger partial charge in [-0.15, -0.1) is 0 Å². The Hall–Kier alpha value is -0.370. The van der Waals surface area contributed by atoms with Crippen molar-refractivity contribution in [2.75, 3.05) is 13.6 Å². The van der Waals surface area contributed by atoms with E-state index in [0.717, 1.165) is 37.8 Å². The summed E-state index contributed by atoms with van der Waals surface area (Å²) < 4.78 is 0. The highest BCUT2D eigenvalue weighted by molar-refractivity contribution is 5.81. The number of carbonyl (C=O) groups excluding carboxylic acids is 1. The molecule has 2 atom stereocenters. The Morgan fingerprint density at radius 3 is 2.67 bits per heavy atom. The van der Waals surface area contributed by atoms with Gasteiger partial charge in [0.2, 0.25) is 0 Å². The maximum absolute atomic E-state index is 11.8. The smallest absolute Gasteiger partial charge is 0.137 e. The molecule has 2 aliphatic carbocycles. The van der Waals surface area contributed by atoms with E-state index in [1.54, 1.807) is 0 Å². The van der Waals surface area contributed by atoms with Gasteiger partial charge in [0.25, 0.3) is 0 Å². The highest BCUT2D eigenvalue weighted by atomic mass is 16.1. The van der Waals surface area contributed by atoms with Crippen LogP contribution in [0.5, 0.6) is 0 Å². The molecule has 2 fully saturated rings. The van der Waals surface area contributed by atoms with Gasteiger partial charge in [-0.2, -0.15) is 0 Å². The predicted octanol–water partition coefficient (Wildman–Crippen LogP) is 2.48. The summed E-state index contributed by atoms with van der Waals surface area (Å²) in [6, 6.07) is 0.791. The van der Waals surface area contributed by atoms with Gasteiger partial charge in [-0.05, 0) is 38.6 Å². The number of carbonyl (C=O) groups is 1. The third kappa shape index (κ3) is 2.81. The third-order valence-corrected chi connectivity index (χ3v) is 4.13. The van der Waals surface area contributed by atoms with Gasteiger partial charge in [0.1, 0.15) is 5.78 Å². The number of rotatable bonds is 4. The van der Waals surface area contributed by atoms with Crippen LogP contribution in [0.15, 0.2) is 0 Å². The van der Waals surface area contributed by atoms with E-state index in [4.69, 9.17) is 0 Å². The molecule has 0 aromatic heterocycles. The average Bonchev–Trinajstić information content (AvgIpc) is 3.04. The molecule has 86 valence electrons. The second kappa shape index (κ2) is 4.65. The Balaban J connectivity index is 1.84. The Bertz CT molecular complexity index is 235. The maximum Gasteiger partial charge on any atom is 0.137 e. The molecule has 0 amide bonds. The van der Waals surface area contributed by atoms with Crippen molar-refractivity contribution < 1.29 is 4.79 Å². The van der Waals surface area contributed by atoms with Crippen LogP contribution in [0.4, 0.5) is 0 Å². The second-order valence-corrected chi connectivity index (χ2v) is 5.38. The minimum atomic E-state index is 0.342. The van der Waals surface area contributed by atoms with Gasteiger partial charge >= 0.3 is 0 Å². The average molecular weight is 209 g/mol. The zero-order valence-electron chi connectivity index (χ0n) is 10.0. The summed E-state index contributed by atoms with van der Waals surface area (Å²) in [6.45, 7) is 3.27. The molecule has 2 aliphatic rings. The fraction of sp³-hybridized carbons (Fsp3) is 0.923. The zero-order chi connectivity index (χ0) is 10.8. The molecular formula is C13H23NO. The van der Waals surface area contributed by atoms with E-state index in [2.05, 4.69) is 18.9 Å². The molecule has 2 saturated carbocycles. The highest BCUT2D eigenvalue weighted by Crippen LogP contribution is 2.32. The molecule has 2 heteroatoms. The lowest BCUT2D eigenvalue weighted by atomic mass is 9.79. The first-order chi connectivity index (χ1) is 7.20. The maximum atomic E-state index is 11.8. The van der Waals surface area contributed by atoms with Crippen molar-refractivity contribution in [1.29, 1.82) is 0 Å². The van der Waals surface area contributed by atoms with Gasteiger partial charge in [-0.25, -0.2) is 0 Å². The van der Waals surface area contributed by atoms with Crippen LogP contribution in [-0.2, 0) is 4.79 Å². The molecular weight excluding hydrogens is 186 g/mol. The van der Waals surface area contributed by atoms with Gasteiger partial charge in [0.15, 0.2) is 0 Å². The fourth-order valence-corrected chi connectivity index (χ4v) is 2.76. The summed E-state index contributed by atoms with van der Waals surface area (Å²) in [4.78, 5) is 14.2. The van der Waals surface area contributed by atoms with Gasteiger partial charge in [-0.1, -0.05) is 13.3 Å². The normalized spacial score (nSPS) is 32.3. The molecule has 0 aromatic carbocycles. The van der Waals surface area contributed by atoms with Crippen molar-refractivity contribution in [1.82, 2.24) is 4.90 Å². The minimum Gasteiger partial charge on any atom is -0.303 e. The fourth-order valence-electron chi connectivity index (χ4n) is 2.76. The molecule has 0 aliphatic heterocycles. The van der Waals surface area contributed by atoms with E-state index < -0.39 is 0 Å². The summed E-state index contributed by atoms with van der Waals surface area (Å²) in [5.41, 5.74) is 0. The van der Waals surface area contributed by atoms with Crippen LogP contribution in [0.2, 0.25) is 0 Å². The third-order valence-electron chi connectivity index (χ3n) is 4.13. The van der Waals surface area contributed by atoms with Crippen LogP contribution in [0.3, 0.4) is 0 Å². The van der Waals surface area contributed by atoms with E-state index >= 15 is 0 Å². The largest absolute Gasteiger partial charge is 0.303 e. The van der Waals surface area contributed by atoms with Crippen molar-refractivity contribution >= 4 is 5.78 Å². The number of hydrogen-bond donors (Lipinski definition) is 0. The standard InChI is InChI=1S/C13H23NO/c1-3-10-4-7-13(15)11(8-10)9-14(2)12-5-6-12/h10-12H,3-9H2,1-2H3. The van der Waals surface area contributed by atoms with Gasteiger partial charge in [-0.3, -0.25) is 4.79 Å². The molecule has 2 rings (SSSR count). The van der Waals surface area contributed by atoms with Crippen LogP contribution < -0.4 is 0 Å². The highest BCUT2D eigenvalue weighted by Gasteiger charge is 2.32. The molecule has 0 N–H and O–H groups in total. The van der Waals surface area contributed by atoms with Crippen LogP contribution in [-0.4, -0.2) is 30.3 Å². The second-order valence-electron chi connectivity index (χ2n) is 5.38. The number of nitrogens with zero attached hydrogens (tertiary/aromatic N) is 1. The van der Waals surface area contributed by atoms with Crippen LogP contribution >= 0.6 is 0 Å². The summed E-state index contributed by atoms with van der Waals surface area (Å²) in [5.74, 6) is 1.67. The van der Waals surface area contributed by atoms with E-state index in [1.807, 2.05) is 0 Å². The van der Waals surface area contributed by atoms with Crippen molar-refractivity contribution in [3.05, 3.63) is 0 Å². The lowest BCUT2D eigenvalue weighted by molar-refractivity contribution is -0.126. The van der Waals surface area contributed by atoms with Gasteiger partial charge in [0.05, 0.1) is 0 Å². The van der Waals surface area contributed by atoms with Crippen LogP contribution in [0.1, 0.15) is 45.4 Å². The van der Waals surface area contributed by atoms with Crippen LogP contribution in [0.25, 0.3) is 0 Å². The first-order valence-corrected chi connectivity index (χ1v) is 6.43. The van der Waals surface area contributed by atoms with Crippen molar-refractivity contribution in [3.63, 3.8) is 0 Å². The van der Waals surface area contributed by atoms with E-state index in [1.165, 1.54) is 19.3 Å². The molecule has 0 heterocycles. The summed E-state index contributed by atoms with van der Waals surface area (Å²) >= 11 is 0. The first-order valence-electron chi connectivity index (χ1n) is 6.43. The Morgan fingerprint density at radius 2 is 2.07 bits per heavy atom. The van der Waals surface area contributed by atoms with Crippen molar-refractivity contribution in [2.24, 2.45) is 11.8 Å². The zero-order valence-corrected chi connectivity index (χ0v) is 10.0. The van der Waals surface area contributed by atoms with Crippen molar-refractivity contribution in [3.8, 4) is 0 Å². The Labute approximate surface area is 93.0 Å². The predicted molar refractivity (Wildman–Crippen MR) is 61.8 cm³/mol. The quantitative estimate of drug-likeness (QED) is 0.709. The van der Waals surface area contributed by atoms with Crippen molar-refractivity contribution in [2.45, 2.75) is 51.5 Å². The van der Waals surface area contributed by atoms with Gasteiger partial charge in [0, 0.05) is 24.9 Å². The lowest BCUT2D eigenvalue weighted by Crippen LogP contribution is -2.35. The molecule has 2 unspecified atom stereocenters. The van der Waals surface area contributed by atoms with E-state index in [0.29, 0.717) is 11.7 Å². The molecule has 0 spiro atoms. The summed E-state index contributed by atoms with van der Waals surface area (Å²) in [7, 11) is 2.18. The topological polar surface area (TPSA) is 20.3 Å². The molecule has 0 aromatic rings. The molecule has 0 saturated heterocycles. The molecule has 2 nitrogen and oxygen atoms in total. The SMILES string of the molecule is CCC1CCC(=O)C(CN(C)C2CC2)C1. The number of hydrogen-bond acceptors (Lipinski definition) is 2. The van der Waals surface area contributed by atoms with Gasteiger partial charge < -0.3 is 4.90 Å². The lowest BCUT2D eigenvalue weighted by Gasteiger charge is -2.30.